The molecule has 0 aliphatic carbocycles. The van der Waals surface area contributed by atoms with Crippen LogP contribution >= 0.6 is 23.2 Å². The molecule has 0 N–H and O–H groups in total. The van der Waals surface area contributed by atoms with Crippen LogP contribution in [0.15, 0.2) is 65.8 Å². The van der Waals surface area contributed by atoms with E-state index < -0.39 is 5.92 Å². The van der Waals surface area contributed by atoms with Gasteiger partial charge >= 0.3 is 0 Å². The van der Waals surface area contributed by atoms with Gasteiger partial charge in [0.15, 0.2) is 5.82 Å². The van der Waals surface area contributed by atoms with E-state index in [1.54, 1.807) is 12.3 Å². The van der Waals surface area contributed by atoms with Crippen molar-refractivity contribution >= 4 is 40.6 Å². The number of hydrogen-bond donors (Lipinski definition) is 0. The van der Waals surface area contributed by atoms with Crippen molar-refractivity contribution in [3.8, 4) is 0 Å². The summed E-state index contributed by atoms with van der Waals surface area (Å²) in [6, 6.07) is 17.4. The van der Waals surface area contributed by atoms with Crippen LogP contribution in [-0.4, -0.2) is 39.4 Å². The smallest absolute Gasteiger partial charge is 0.233 e. The predicted octanol–water partition coefficient (Wildman–Crippen LogP) is 6.37. The summed E-state index contributed by atoms with van der Waals surface area (Å²) in [5, 5.41) is 5.45. The highest BCUT2D eigenvalue weighted by atomic mass is 35.5. The van der Waals surface area contributed by atoms with Crippen LogP contribution in [0.5, 0.6) is 0 Å². The molecule has 0 fully saturated rings. The maximum atomic E-state index is 14.0. The van der Waals surface area contributed by atoms with Gasteiger partial charge in [-0.3, -0.25) is 4.79 Å². The van der Waals surface area contributed by atoms with Crippen molar-refractivity contribution in [1.82, 2.24) is 14.7 Å². The van der Waals surface area contributed by atoms with Crippen molar-refractivity contribution in [3.05, 3.63) is 82.0 Å². The molecular weight excluding hydrogens is 455 g/mol. The fourth-order valence-electron chi connectivity index (χ4n) is 4.49. The van der Waals surface area contributed by atoms with Crippen molar-refractivity contribution in [2.24, 2.45) is 10.9 Å². The lowest BCUT2D eigenvalue weighted by atomic mass is 9.87. The minimum atomic E-state index is -0.460. The zero-order chi connectivity index (χ0) is 23.4. The first-order valence-corrected chi connectivity index (χ1v) is 12.1. The number of halogens is 2. The topological polar surface area (TPSA) is 50.5 Å². The number of benzene rings is 2. The molecule has 1 aromatic heterocycles. The Bertz CT molecular complexity index is 1140. The predicted molar refractivity (Wildman–Crippen MR) is 135 cm³/mol. The molecule has 2 heterocycles. The quantitative estimate of drug-likeness (QED) is 0.374. The lowest BCUT2D eigenvalue weighted by Gasteiger charge is -2.35. The van der Waals surface area contributed by atoms with Crippen LogP contribution in [0.4, 0.5) is 5.82 Å². The molecular formula is C26H28Cl2N4O. The summed E-state index contributed by atoms with van der Waals surface area (Å²) in [5.74, 6) is 0.347. The third kappa shape index (κ3) is 5.15. The van der Waals surface area contributed by atoms with E-state index in [9.17, 15) is 4.79 Å². The summed E-state index contributed by atoms with van der Waals surface area (Å²) in [4.78, 5) is 20.6. The first-order chi connectivity index (χ1) is 16.0. The van der Waals surface area contributed by atoms with Gasteiger partial charge in [0.25, 0.3) is 0 Å². The number of rotatable bonds is 8. The highest BCUT2D eigenvalue weighted by Gasteiger charge is 2.40. The van der Waals surface area contributed by atoms with Gasteiger partial charge in [-0.25, -0.2) is 9.67 Å². The number of amides is 1. The molecule has 5 nitrogen and oxygen atoms in total. The average Bonchev–Trinajstić information content (AvgIpc) is 3.28. The van der Waals surface area contributed by atoms with Gasteiger partial charge in [0.05, 0.1) is 22.3 Å². The van der Waals surface area contributed by atoms with Crippen LogP contribution in [0.1, 0.15) is 43.9 Å². The van der Waals surface area contributed by atoms with E-state index >= 15 is 0 Å². The summed E-state index contributed by atoms with van der Waals surface area (Å²) >= 11 is 12.5. The van der Waals surface area contributed by atoms with Gasteiger partial charge in [-0.2, -0.15) is 5.10 Å². The van der Waals surface area contributed by atoms with E-state index in [4.69, 9.17) is 28.2 Å². The highest BCUT2D eigenvalue weighted by Crippen LogP contribution is 2.38. The Balaban J connectivity index is 1.62. The number of carbonyl (C=O) groups is 1. The minimum absolute atomic E-state index is 0.0726. The first-order valence-electron chi connectivity index (χ1n) is 11.4. The van der Waals surface area contributed by atoms with E-state index in [1.165, 1.54) is 5.56 Å². The molecule has 3 aromatic rings. The van der Waals surface area contributed by atoms with Crippen LogP contribution in [0, 0.1) is 5.92 Å². The Labute approximate surface area is 205 Å². The second-order valence-electron chi connectivity index (χ2n) is 8.40. The molecule has 1 aliphatic rings. The standard InChI is InChI=1S/C26H28Cl2N4O/c1-3-15-31(16-7-10-19-8-5-4-6-9-19)26(33)24-18(2)30-23-13-14-29-32(23)25(24)20-11-12-21(27)22(28)17-20/h4-6,8-9,11-14,17,24-25H,3,7,10,15-16H2,1-2H3. The zero-order valence-electron chi connectivity index (χ0n) is 18.9. The maximum Gasteiger partial charge on any atom is 0.233 e. The van der Waals surface area contributed by atoms with Gasteiger partial charge in [-0.05, 0) is 49.4 Å². The summed E-state index contributed by atoms with van der Waals surface area (Å²) in [7, 11) is 0. The molecule has 0 radical (unpaired) electrons. The number of aryl methyl sites for hydroxylation is 1. The van der Waals surface area contributed by atoms with Crippen molar-refractivity contribution in [3.63, 3.8) is 0 Å². The number of nitrogens with zero attached hydrogens (tertiary/aromatic N) is 4. The van der Waals surface area contributed by atoms with Crippen molar-refractivity contribution < 1.29 is 4.79 Å². The summed E-state index contributed by atoms with van der Waals surface area (Å²) in [5.41, 5.74) is 2.96. The van der Waals surface area contributed by atoms with Gasteiger partial charge in [0.2, 0.25) is 5.91 Å². The van der Waals surface area contributed by atoms with Crippen LogP contribution < -0.4 is 0 Å². The summed E-state index contributed by atoms with van der Waals surface area (Å²) < 4.78 is 1.82. The number of aromatic nitrogens is 2. The summed E-state index contributed by atoms with van der Waals surface area (Å²) in [6.45, 7) is 5.43. The van der Waals surface area contributed by atoms with Gasteiger partial charge in [0.1, 0.15) is 5.92 Å². The molecule has 0 saturated carbocycles. The Hall–Kier alpha value is -2.63. The Morgan fingerprint density at radius 3 is 2.58 bits per heavy atom. The summed E-state index contributed by atoms with van der Waals surface area (Å²) in [6.07, 6.45) is 4.45. The fourth-order valence-corrected chi connectivity index (χ4v) is 4.80. The molecule has 2 aromatic carbocycles. The van der Waals surface area contributed by atoms with Crippen molar-refractivity contribution in [2.75, 3.05) is 13.1 Å². The molecule has 172 valence electrons. The largest absolute Gasteiger partial charge is 0.342 e. The molecule has 4 rings (SSSR count). The monoisotopic (exact) mass is 482 g/mol. The third-order valence-electron chi connectivity index (χ3n) is 6.06. The Morgan fingerprint density at radius 1 is 1.06 bits per heavy atom. The van der Waals surface area contributed by atoms with Crippen LogP contribution in [0.2, 0.25) is 10.0 Å². The average molecular weight is 483 g/mol. The molecule has 33 heavy (non-hydrogen) atoms. The highest BCUT2D eigenvalue weighted by molar-refractivity contribution is 6.42. The second-order valence-corrected chi connectivity index (χ2v) is 9.21. The van der Waals surface area contributed by atoms with Crippen LogP contribution in [0.25, 0.3) is 0 Å². The van der Waals surface area contributed by atoms with Crippen LogP contribution in [-0.2, 0) is 11.2 Å². The number of hydrogen-bond acceptors (Lipinski definition) is 3. The van der Waals surface area contributed by atoms with Gasteiger partial charge in [-0.1, -0.05) is 66.5 Å². The number of aliphatic imine (C=N–C) groups is 1. The van der Waals surface area contributed by atoms with E-state index in [0.717, 1.165) is 36.4 Å². The molecule has 0 saturated heterocycles. The van der Waals surface area contributed by atoms with E-state index in [0.29, 0.717) is 23.1 Å². The lowest BCUT2D eigenvalue weighted by Crippen LogP contribution is -2.45. The fraction of sp³-hybridized carbons (Fsp3) is 0.346. The van der Waals surface area contributed by atoms with Crippen molar-refractivity contribution in [2.45, 2.75) is 39.2 Å². The molecule has 1 aliphatic heterocycles. The molecule has 0 bridgehead atoms. The Morgan fingerprint density at radius 2 is 1.85 bits per heavy atom. The van der Waals surface area contributed by atoms with Crippen molar-refractivity contribution in [1.29, 1.82) is 0 Å². The molecule has 2 atom stereocenters. The molecule has 0 spiro atoms. The zero-order valence-corrected chi connectivity index (χ0v) is 20.4. The van der Waals surface area contributed by atoms with Gasteiger partial charge < -0.3 is 4.90 Å². The molecule has 2 unspecified atom stereocenters. The minimum Gasteiger partial charge on any atom is -0.342 e. The first kappa shape index (κ1) is 23.5. The van der Waals surface area contributed by atoms with E-state index in [1.807, 2.05) is 40.8 Å². The molecule has 1 amide bonds. The van der Waals surface area contributed by atoms with Crippen LogP contribution in [0.3, 0.4) is 0 Å². The third-order valence-corrected chi connectivity index (χ3v) is 6.80. The van der Waals surface area contributed by atoms with E-state index in [2.05, 4.69) is 36.3 Å². The van der Waals surface area contributed by atoms with E-state index in [-0.39, 0.29) is 11.9 Å². The molecule has 7 heteroatoms. The van der Waals surface area contributed by atoms with Gasteiger partial charge in [-0.15, -0.1) is 0 Å². The number of carbonyl (C=O) groups excluding carboxylic acids is 1. The lowest BCUT2D eigenvalue weighted by molar-refractivity contribution is -0.134. The van der Waals surface area contributed by atoms with Gasteiger partial charge in [0, 0.05) is 24.9 Å². The SMILES string of the molecule is CCCN(CCCc1ccccc1)C(=O)C1C(C)=Nc2ccnn2C1c1ccc(Cl)c(Cl)c1. The Kier molecular flexibility index (Phi) is 7.51. The second kappa shape index (κ2) is 10.5. The maximum absolute atomic E-state index is 14.0. The number of fused-ring (bicyclic) bond motifs is 1. The normalized spacial score (nSPS) is 17.4.